The summed E-state index contributed by atoms with van der Waals surface area (Å²) in [5.41, 5.74) is 3.90. The van der Waals surface area contributed by atoms with Gasteiger partial charge in [-0.3, -0.25) is 0 Å². The largest absolute Gasteiger partial charge is 0.489 e. The first-order chi connectivity index (χ1) is 13.8. The average molecular weight is 372 g/mol. The minimum absolute atomic E-state index is 0.523. The Balaban J connectivity index is 1.54. The number of para-hydroxylation sites is 2. The molecule has 0 fully saturated rings. The van der Waals surface area contributed by atoms with Crippen molar-refractivity contribution in [1.82, 2.24) is 9.55 Å². The number of aromatic nitrogens is 2. The van der Waals surface area contributed by atoms with E-state index in [-0.39, 0.29) is 0 Å². The molecule has 4 rings (SSSR count). The molecule has 0 radical (unpaired) electrons. The van der Waals surface area contributed by atoms with Gasteiger partial charge >= 0.3 is 0 Å². The fraction of sp³-hybridized carbons (Fsp3) is 0.208. The van der Waals surface area contributed by atoms with E-state index >= 15 is 0 Å². The second-order valence-corrected chi connectivity index (χ2v) is 6.86. The van der Waals surface area contributed by atoms with Crippen LogP contribution in [-0.4, -0.2) is 14.7 Å². The number of ether oxygens (including phenoxy) is 1. The third kappa shape index (κ3) is 3.78. The number of aliphatic hydroxyl groups excluding tert-OH is 1. The van der Waals surface area contributed by atoms with E-state index in [4.69, 9.17) is 4.74 Å². The molecule has 0 bridgehead atoms. The fourth-order valence-electron chi connectivity index (χ4n) is 3.40. The van der Waals surface area contributed by atoms with E-state index in [1.54, 1.807) is 0 Å². The van der Waals surface area contributed by atoms with Crippen LogP contribution in [0, 0.1) is 0 Å². The Bertz CT molecular complexity index is 1040. The molecular formula is C24H24N2O2. The van der Waals surface area contributed by atoms with Crippen LogP contribution in [0.1, 0.15) is 36.4 Å². The number of rotatable bonds is 7. The number of hydrogen-bond donors (Lipinski definition) is 1. The fourth-order valence-corrected chi connectivity index (χ4v) is 3.40. The summed E-state index contributed by atoms with van der Waals surface area (Å²) in [4.78, 5) is 4.69. The Labute approximate surface area is 165 Å². The predicted molar refractivity (Wildman–Crippen MR) is 111 cm³/mol. The number of nitrogens with zero attached hydrogens (tertiary/aromatic N) is 2. The molecule has 4 aromatic rings. The third-order valence-electron chi connectivity index (χ3n) is 4.82. The highest BCUT2D eigenvalue weighted by molar-refractivity contribution is 5.76. The van der Waals surface area contributed by atoms with Crippen LogP contribution in [0.5, 0.6) is 5.75 Å². The van der Waals surface area contributed by atoms with Crippen molar-refractivity contribution in [2.24, 2.45) is 0 Å². The quantitative estimate of drug-likeness (QED) is 0.490. The summed E-state index contributed by atoms with van der Waals surface area (Å²) in [6, 6.07) is 25.7. The molecule has 0 aliphatic heterocycles. The molecule has 0 saturated carbocycles. The zero-order valence-corrected chi connectivity index (χ0v) is 16.0. The van der Waals surface area contributed by atoms with E-state index in [0.29, 0.717) is 12.4 Å². The minimum atomic E-state index is -0.776. The molecule has 0 aliphatic rings. The first kappa shape index (κ1) is 18.3. The van der Waals surface area contributed by atoms with Gasteiger partial charge in [0.1, 0.15) is 24.3 Å². The van der Waals surface area contributed by atoms with Gasteiger partial charge in [-0.25, -0.2) is 4.98 Å². The number of imidazole rings is 1. The van der Waals surface area contributed by atoms with Crippen molar-refractivity contribution in [3.05, 3.63) is 95.8 Å². The van der Waals surface area contributed by atoms with Crippen molar-refractivity contribution in [2.45, 2.75) is 32.6 Å². The van der Waals surface area contributed by atoms with Gasteiger partial charge in [0.2, 0.25) is 0 Å². The maximum Gasteiger partial charge on any atom is 0.143 e. The molecule has 0 amide bonds. The lowest BCUT2D eigenvalue weighted by Gasteiger charge is -2.14. The number of hydrogen-bond acceptors (Lipinski definition) is 3. The molecule has 3 aromatic carbocycles. The second-order valence-electron chi connectivity index (χ2n) is 6.86. The standard InChI is InChI=1S/C24H24N2O2/c1-2-16-26-22-11-7-6-10-21(22)25-24(26)23(27)19-12-14-20(15-13-19)28-17-18-8-4-3-5-9-18/h3-15,23,27H,2,16-17H2,1H3. The van der Waals surface area contributed by atoms with Crippen molar-refractivity contribution in [3.8, 4) is 5.75 Å². The average Bonchev–Trinajstić information content (AvgIpc) is 3.12. The lowest BCUT2D eigenvalue weighted by Crippen LogP contribution is -2.10. The summed E-state index contributed by atoms with van der Waals surface area (Å²) < 4.78 is 7.95. The number of fused-ring (bicyclic) bond motifs is 1. The normalized spacial score (nSPS) is 12.2. The molecule has 4 heteroatoms. The lowest BCUT2D eigenvalue weighted by atomic mass is 10.1. The summed E-state index contributed by atoms with van der Waals surface area (Å²) in [6.45, 7) is 3.48. The van der Waals surface area contributed by atoms with Crippen LogP contribution in [0.15, 0.2) is 78.9 Å². The maximum atomic E-state index is 11.0. The molecule has 1 N–H and O–H groups in total. The summed E-state index contributed by atoms with van der Waals surface area (Å²) in [5.74, 6) is 1.46. The number of aryl methyl sites for hydroxylation is 1. The van der Waals surface area contributed by atoms with Crippen LogP contribution >= 0.6 is 0 Å². The number of benzene rings is 3. The second kappa shape index (κ2) is 8.28. The Morgan fingerprint density at radius 1 is 0.929 bits per heavy atom. The van der Waals surface area contributed by atoms with Crippen molar-refractivity contribution in [1.29, 1.82) is 0 Å². The van der Waals surface area contributed by atoms with Crippen LogP contribution in [0.4, 0.5) is 0 Å². The van der Waals surface area contributed by atoms with E-state index in [1.807, 2.05) is 72.8 Å². The van der Waals surface area contributed by atoms with E-state index in [1.165, 1.54) is 0 Å². The van der Waals surface area contributed by atoms with Crippen molar-refractivity contribution in [3.63, 3.8) is 0 Å². The van der Waals surface area contributed by atoms with Crippen molar-refractivity contribution < 1.29 is 9.84 Å². The molecular weight excluding hydrogens is 348 g/mol. The van der Waals surface area contributed by atoms with Crippen molar-refractivity contribution >= 4 is 11.0 Å². The van der Waals surface area contributed by atoms with Crippen LogP contribution < -0.4 is 4.74 Å². The van der Waals surface area contributed by atoms with Crippen LogP contribution in [0.2, 0.25) is 0 Å². The van der Waals surface area contributed by atoms with Crippen LogP contribution in [0.3, 0.4) is 0 Å². The predicted octanol–water partition coefficient (Wildman–Crippen LogP) is 5.11. The lowest BCUT2D eigenvalue weighted by molar-refractivity contribution is 0.205. The zero-order chi connectivity index (χ0) is 19.3. The van der Waals surface area contributed by atoms with Gasteiger partial charge in [0, 0.05) is 6.54 Å². The summed E-state index contributed by atoms with van der Waals surface area (Å²) in [5, 5.41) is 11.0. The van der Waals surface area contributed by atoms with Gasteiger partial charge in [-0.05, 0) is 41.8 Å². The zero-order valence-electron chi connectivity index (χ0n) is 16.0. The van der Waals surface area contributed by atoms with Gasteiger partial charge in [0.05, 0.1) is 11.0 Å². The van der Waals surface area contributed by atoms with Gasteiger partial charge < -0.3 is 14.4 Å². The first-order valence-electron chi connectivity index (χ1n) is 9.66. The summed E-state index contributed by atoms with van der Waals surface area (Å²) in [7, 11) is 0. The highest BCUT2D eigenvalue weighted by Gasteiger charge is 2.19. The topological polar surface area (TPSA) is 47.3 Å². The Morgan fingerprint density at radius 2 is 1.64 bits per heavy atom. The molecule has 0 aliphatic carbocycles. The molecule has 0 saturated heterocycles. The highest BCUT2D eigenvalue weighted by Crippen LogP contribution is 2.27. The summed E-state index contributed by atoms with van der Waals surface area (Å²) >= 11 is 0. The first-order valence-corrected chi connectivity index (χ1v) is 9.66. The van der Waals surface area contributed by atoms with Crippen LogP contribution in [0.25, 0.3) is 11.0 Å². The Hall–Kier alpha value is -3.11. The molecule has 1 unspecified atom stereocenters. The molecule has 142 valence electrons. The monoisotopic (exact) mass is 372 g/mol. The van der Waals surface area contributed by atoms with Crippen LogP contribution in [-0.2, 0) is 13.2 Å². The Morgan fingerprint density at radius 3 is 2.39 bits per heavy atom. The summed E-state index contributed by atoms with van der Waals surface area (Å²) in [6.07, 6.45) is 0.203. The maximum absolute atomic E-state index is 11.0. The molecule has 1 atom stereocenters. The molecule has 1 heterocycles. The van der Waals surface area contributed by atoms with E-state index in [0.717, 1.165) is 40.9 Å². The van der Waals surface area contributed by atoms with E-state index in [2.05, 4.69) is 22.5 Å². The molecule has 0 spiro atoms. The van der Waals surface area contributed by atoms with Gasteiger partial charge in [-0.2, -0.15) is 0 Å². The minimum Gasteiger partial charge on any atom is -0.489 e. The van der Waals surface area contributed by atoms with Crippen molar-refractivity contribution in [2.75, 3.05) is 0 Å². The molecule has 28 heavy (non-hydrogen) atoms. The van der Waals surface area contributed by atoms with E-state index < -0.39 is 6.10 Å². The highest BCUT2D eigenvalue weighted by atomic mass is 16.5. The van der Waals surface area contributed by atoms with Gasteiger partial charge in [0.25, 0.3) is 0 Å². The van der Waals surface area contributed by atoms with Gasteiger partial charge in [0.15, 0.2) is 0 Å². The molecule has 4 nitrogen and oxygen atoms in total. The third-order valence-corrected chi connectivity index (χ3v) is 4.82. The van der Waals surface area contributed by atoms with Gasteiger partial charge in [-0.1, -0.05) is 61.5 Å². The SMILES string of the molecule is CCCn1c(C(O)c2ccc(OCc3ccccc3)cc2)nc2ccccc21. The van der Waals surface area contributed by atoms with Gasteiger partial charge in [-0.15, -0.1) is 0 Å². The molecule has 1 aromatic heterocycles. The number of aliphatic hydroxyl groups is 1. The smallest absolute Gasteiger partial charge is 0.143 e. The Kier molecular flexibility index (Phi) is 5.40. The van der Waals surface area contributed by atoms with E-state index in [9.17, 15) is 5.11 Å².